The van der Waals surface area contributed by atoms with Crippen molar-refractivity contribution < 1.29 is 51.5 Å². The zero-order valence-corrected chi connectivity index (χ0v) is 44.7. The van der Waals surface area contributed by atoms with Gasteiger partial charge >= 0.3 is 0 Å². The Hall–Kier alpha value is -5.19. The van der Waals surface area contributed by atoms with E-state index in [-0.39, 0.29) is 56.0 Å². The van der Waals surface area contributed by atoms with E-state index in [4.69, 9.17) is 4.84 Å². The summed E-state index contributed by atoms with van der Waals surface area (Å²) in [6.07, 6.45) is 8.39. The van der Waals surface area contributed by atoms with E-state index in [0.29, 0.717) is 22.1 Å². The number of aliphatic hydroxyl groups is 1. The number of unbranched alkanes of at least 4 members (excludes halogenated alkanes) is 9. The molecule has 4 atom stereocenters. The molecule has 1 aliphatic heterocycles. The quantitative estimate of drug-likeness (QED) is 0.0154. The Bertz CT molecular complexity index is 2560. The van der Waals surface area contributed by atoms with Gasteiger partial charge in [-0.05, 0) is 102 Å². The predicted molar refractivity (Wildman–Crippen MR) is 280 cm³/mol. The van der Waals surface area contributed by atoms with E-state index in [0.717, 1.165) is 86.1 Å². The second kappa shape index (κ2) is 26.3. The summed E-state index contributed by atoms with van der Waals surface area (Å²) in [6.45, 7) is 7.65. The number of hydroxylamine groups is 1. The van der Waals surface area contributed by atoms with Crippen molar-refractivity contribution in [3.05, 3.63) is 98.0 Å². The molecule has 1 aliphatic carbocycles. The number of carbonyl (C=O) groups excluding carboxylic acids is 5. The molecule has 396 valence electrons. The number of likely N-dealkylation sites (tertiary alicyclic amines) is 1. The lowest BCUT2D eigenvalue weighted by atomic mass is 9.85. The number of thiazole rings is 1. The van der Waals surface area contributed by atoms with Gasteiger partial charge in [0.2, 0.25) is 17.7 Å². The van der Waals surface area contributed by atoms with Crippen LogP contribution in [-0.2, 0) is 24.0 Å². The number of aryl methyl sites for hydroxylation is 1. The molecule has 73 heavy (non-hydrogen) atoms. The van der Waals surface area contributed by atoms with E-state index in [1.165, 1.54) is 28.4 Å². The second-order valence-electron chi connectivity index (χ2n) is 20.0. The van der Waals surface area contributed by atoms with Gasteiger partial charge in [-0.3, -0.25) is 28.8 Å². The molecular formula is C53H66F4IN7O7S. The van der Waals surface area contributed by atoms with E-state index in [1.54, 1.807) is 32.3 Å². The summed E-state index contributed by atoms with van der Waals surface area (Å²) in [5.74, 6) is -6.29. The van der Waals surface area contributed by atoms with Crippen LogP contribution in [0.15, 0.2) is 60.1 Å². The van der Waals surface area contributed by atoms with Gasteiger partial charge in [-0.25, -0.2) is 28.0 Å². The first-order valence-corrected chi connectivity index (χ1v) is 26.9. The number of alkyl halides is 1. The van der Waals surface area contributed by atoms with Gasteiger partial charge in [0.25, 0.3) is 11.8 Å². The zero-order chi connectivity index (χ0) is 52.9. The molecule has 2 heterocycles. The van der Waals surface area contributed by atoms with Gasteiger partial charge in [0.15, 0.2) is 17.3 Å². The Morgan fingerprint density at radius 3 is 2.16 bits per heavy atom. The SMILES string of the molecule is Cc1ncsc1-c1ccc([C@H](CC(=O)NCCCCCCCCCCCCONC(=O)c2ccc(F)c(F)c2Nc2ccc(I)cc2F)NC(=O)[C@@H]2C[C@@H](O)CN2C(=O)C(NC(=O)C2(F)CC2)C(C)(C)C)cc1. The fraction of sp³-hybridized carbons (Fsp3) is 0.509. The fourth-order valence-electron chi connectivity index (χ4n) is 8.64. The van der Waals surface area contributed by atoms with Gasteiger partial charge < -0.3 is 31.3 Å². The van der Waals surface area contributed by atoms with Gasteiger partial charge in [-0.15, -0.1) is 11.3 Å². The third-order valence-electron chi connectivity index (χ3n) is 13.1. The van der Waals surface area contributed by atoms with Gasteiger partial charge in [0.05, 0.1) is 58.2 Å². The molecule has 0 radical (unpaired) electrons. The van der Waals surface area contributed by atoms with Crippen LogP contribution >= 0.6 is 33.9 Å². The topological polar surface area (TPSA) is 191 Å². The number of nitrogens with zero attached hydrogens (tertiary/aromatic N) is 2. The number of amides is 5. The number of aromatic nitrogens is 1. The Labute approximate surface area is 441 Å². The smallest absolute Gasteiger partial charge is 0.277 e. The molecule has 0 spiro atoms. The highest BCUT2D eigenvalue weighted by molar-refractivity contribution is 14.1. The van der Waals surface area contributed by atoms with Crippen molar-refractivity contribution in [1.82, 2.24) is 31.3 Å². The summed E-state index contributed by atoms with van der Waals surface area (Å²) < 4.78 is 58.5. The van der Waals surface area contributed by atoms with Crippen LogP contribution in [0.25, 0.3) is 10.4 Å². The standard InChI is InChI=1S/C53H66F4IN7O7S/c1-32-46(73-31-60-32)34-17-15-33(16-18-34)41(62-49(69)42-28-36(66)30-65(42)50(70)47(52(2,3)4)63-51(71)53(57)23-24-53)29-43(67)59-25-13-11-9-7-5-6-8-10-12-14-26-72-64-48(68)37-20-21-38(54)44(56)45(37)61-40-22-19-35(58)27-39(40)55/h15-22,27,31,36,41-42,47,61,66H,5-14,23-26,28-30H2,1-4H3,(H,59,67)(H,62,69)(H,63,71)(H,64,68)/t36-,41+,42+,47?/m1/s1. The number of halogens is 5. The molecule has 2 fully saturated rings. The molecule has 5 amide bonds. The van der Waals surface area contributed by atoms with Crippen molar-refractivity contribution in [2.45, 2.75) is 147 Å². The first-order valence-electron chi connectivity index (χ1n) is 24.9. The maximum atomic E-state index is 14.7. The van der Waals surface area contributed by atoms with Crippen LogP contribution in [0.4, 0.5) is 28.9 Å². The molecule has 0 bridgehead atoms. The van der Waals surface area contributed by atoms with E-state index in [1.807, 2.05) is 53.8 Å². The van der Waals surface area contributed by atoms with Crippen molar-refractivity contribution in [3.63, 3.8) is 0 Å². The molecule has 6 rings (SSSR count). The summed E-state index contributed by atoms with van der Waals surface area (Å²) in [5.41, 5.74) is 2.81. The molecule has 1 saturated carbocycles. The van der Waals surface area contributed by atoms with Crippen molar-refractivity contribution in [2.75, 3.05) is 25.0 Å². The minimum Gasteiger partial charge on any atom is -0.391 e. The highest BCUT2D eigenvalue weighted by Crippen LogP contribution is 2.41. The van der Waals surface area contributed by atoms with Crippen LogP contribution in [0, 0.1) is 33.4 Å². The lowest BCUT2D eigenvalue weighted by molar-refractivity contribution is -0.145. The maximum Gasteiger partial charge on any atom is 0.277 e. The lowest BCUT2D eigenvalue weighted by Gasteiger charge is -2.36. The molecule has 2 aliphatic rings. The van der Waals surface area contributed by atoms with E-state index < -0.39 is 82.1 Å². The Morgan fingerprint density at radius 2 is 1.55 bits per heavy atom. The molecule has 1 saturated heterocycles. The fourth-order valence-corrected chi connectivity index (χ4v) is 9.91. The number of hydrogen-bond donors (Lipinski definition) is 6. The van der Waals surface area contributed by atoms with Crippen LogP contribution < -0.4 is 26.7 Å². The summed E-state index contributed by atoms with van der Waals surface area (Å²) in [7, 11) is 0. The highest BCUT2D eigenvalue weighted by atomic mass is 127. The van der Waals surface area contributed by atoms with Crippen molar-refractivity contribution in [1.29, 1.82) is 0 Å². The van der Waals surface area contributed by atoms with Crippen LogP contribution in [-0.4, -0.2) is 88.1 Å². The average molecular weight is 1150 g/mol. The van der Waals surface area contributed by atoms with Gasteiger partial charge in [-0.2, -0.15) is 0 Å². The number of hydrogen-bond acceptors (Lipinski definition) is 10. The molecular weight excluding hydrogens is 1080 g/mol. The summed E-state index contributed by atoms with van der Waals surface area (Å²) in [4.78, 5) is 79.1. The first-order chi connectivity index (χ1) is 34.7. The summed E-state index contributed by atoms with van der Waals surface area (Å²) >= 11 is 3.43. The molecule has 1 aromatic heterocycles. The van der Waals surface area contributed by atoms with Gasteiger partial charge in [-0.1, -0.05) is 96.4 Å². The van der Waals surface area contributed by atoms with Crippen molar-refractivity contribution in [3.8, 4) is 10.4 Å². The predicted octanol–water partition coefficient (Wildman–Crippen LogP) is 9.81. The Balaban J connectivity index is 0.895. The molecule has 3 aromatic carbocycles. The van der Waals surface area contributed by atoms with Crippen LogP contribution in [0.2, 0.25) is 0 Å². The number of benzene rings is 3. The number of aliphatic hydroxyl groups excluding tert-OH is 1. The number of nitrogens with one attached hydrogen (secondary N) is 5. The molecule has 4 aromatic rings. The Kier molecular flexibility index (Phi) is 20.6. The lowest BCUT2D eigenvalue weighted by Crippen LogP contribution is -2.59. The highest BCUT2D eigenvalue weighted by Gasteiger charge is 2.53. The normalized spacial score (nSPS) is 16.9. The monoisotopic (exact) mass is 1150 g/mol. The number of β-amino-alcohol motifs (C(OH)–C–C–N with tert-alkyl or cyclic N) is 1. The second-order valence-corrected chi connectivity index (χ2v) is 22.1. The first kappa shape index (κ1) is 57.1. The average Bonchev–Trinajstić information content (AvgIpc) is 3.75. The van der Waals surface area contributed by atoms with Crippen LogP contribution in [0.1, 0.15) is 138 Å². The number of rotatable bonds is 26. The Morgan fingerprint density at radius 1 is 0.890 bits per heavy atom. The largest absolute Gasteiger partial charge is 0.391 e. The van der Waals surface area contributed by atoms with Gasteiger partial charge in [0.1, 0.15) is 17.9 Å². The third kappa shape index (κ3) is 16.2. The number of carbonyl (C=O) groups is 5. The van der Waals surface area contributed by atoms with Crippen molar-refractivity contribution >= 4 is 74.8 Å². The van der Waals surface area contributed by atoms with Crippen LogP contribution in [0.3, 0.4) is 0 Å². The van der Waals surface area contributed by atoms with E-state index in [2.05, 4.69) is 31.7 Å². The number of anilines is 2. The molecule has 1 unspecified atom stereocenters. The summed E-state index contributed by atoms with van der Waals surface area (Å²) in [6, 6.07) is 10.6. The molecule has 6 N–H and O–H groups in total. The van der Waals surface area contributed by atoms with Crippen LogP contribution in [0.5, 0.6) is 0 Å². The molecule has 20 heteroatoms. The zero-order valence-electron chi connectivity index (χ0n) is 41.7. The van der Waals surface area contributed by atoms with E-state index in [9.17, 15) is 46.6 Å². The minimum absolute atomic E-state index is 0.0506. The maximum absolute atomic E-state index is 14.7. The molecule has 14 nitrogen and oxygen atoms in total. The van der Waals surface area contributed by atoms with Gasteiger partial charge in [0, 0.05) is 23.1 Å². The van der Waals surface area contributed by atoms with Crippen molar-refractivity contribution in [2.24, 2.45) is 5.41 Å². The van der Waals surface area contributed by atoms with E-state index >= 15 is 0 Å². The minimum atomic E-state index is -2.01. The summed E-state index contributed by atoms with van der Waals surface area (Å²) in [5, 5.41) is 21.8. The third-order valence-corrected chi connectivity index (χ3v) is 14.7.